The number of aryl methyl sites for hydroxylation is 1. The molecule has 0 unspecified atom stereocenters. The number of hydrogen-bond acceptors (Lipinski definition) is 4. The molecule has 0 bridgehead atoms. The van der Waals surface area contributed by atoms with E-state index in [2.05, 4.69) is 16.3 Å². The molecule has 2 aliphatic rings. The molecule has 132 valence electrons. The zero-order valence-corrected chi connectivity index (χ0v) is 14.7. The van der Waals surface area contributed by atoms with Crippen molar-refractivity contribution in [2.45, 2.75) is 51.2 Å². The monoisotopic (exact) mass is 332 g/mol. The van der Waals surface area contributed by atoms with Crippen molar-refractivity contribution < 1.29 is 14.3 Å². The van der Waals surface area contributed by atoms with Gasteiger partial charge in [0, 0.05) is 26.1 Å². The summed E-state index contributed by atoms with van der Waals surface area (Å²) in [5.74, 6) is 1.04. The fourth-order valence-electron chi connectivity index (χ4n) is 3.81. The summed E-state index contributed by atoms with van der Waals surface area (Å²) < 4.78 is 11.3. The number of nitrogens with zero attached hydrogens (tertiary/aromatic N) is 1. The van der Waals surface area contributed by atoms with E-state index in [0.29, 0.717) is 13.0 Å². The minimum absolute atomic E-state index is 0.233. The number of carbonyl (C=O) groups is 1. The predicted molar refractivity (Wildman–Crippen MR) is 94.5 cm³/mol. The van der Waals surface area contributed by atoms with Crippen LogP contribution in [0.5, 0.6) is 5.75 Å². The lowest BCUT2D eigenvalue weighted by molar-refractivity contribution is -0.134. The Bertz CT molecular complexity index is 576. The van der Waals surface area contributed by atoms with Gasteiger partial charge in [0.25, 0.3) is 0 Å². The van der Waals surface area contributed by atoms with Crippen LogP contribution in [0, 0.1) is 6.92 Å². The molecule has 0 aromatic heterocycles. The summed E-state index contributed by atoms with van der Waals surface area (Å²) in [6.07, 6.45) is 5.03. The number of amides is 1. The van der Waals surface area contributed by atoms with Crippen LogP contribution in [0.15, 0.2) is 18.2 Å². The molecule has 1 saturated heterocycles. The number of fused-ring (bicyclic) bond motifs is 1. The summed E-state index contributed by atoms with van der Waals surface area (Å²) in [5, 5.41) is 3.35. The molecule has 0 spiro atoms. The van der Waals surface area contributed by atoms with Gasteiger partial charge in [-0.05, 0) is 50.3 Å². The number of benzene rings is 1. The Morgan fingerprint density at radius 2 is 2.25 bits per heavy atom. The SMILES string of the molecule is COc1ccc(C)cc1NCCC(=O)N1CCCO[C@H]2CCC[C@H]21. The first-order valence-corrected chi connectivity index (χ1v) is 8.98. The van der Waals surface area contributed by atoms with Crippen molar-refractivity contribution in [3.05, 3.63) is 23.8 Å². The average Bonchev–Trinajstić information content (AvgIpc) is 2.94. The summed E-state index contributed by atoms with van der Waals surface area (Å²) in [5.41, 5.74) is 2.12. The highest BCUT2D eigenvalue weighted by Crippen LogP contribution is 2.30. The van der Waals surface area contributed by atoms with Gasteiger partial charge in [-0.25, -0.2) is 0 Å². The van der Waals surface area contributed by atoms with Crippen molar-refractivity contribution in [2.75, 3.05) is 32.1 Å². The molecular formula is C19H28N2O3. The van der Waals surface area contributed by atoms with Crippen LogP contribution >= 0.6 is 0 Å². The van der Waals surface area contributed by atoms with Gasteiger partial charge in [-0.2, -0.15) is 0 Å². The van der Waals surface area contributed by atoms with Gasteiger partial charge in [0.1, 0.15) is 5.75 Å². The van der Waals surface area contributed by atoms with E-state index in [-0.39, 0.29) is 18.1 Å². The van der Waals surface area contributed by atoms with Crippen LogP contribution in [0.4, 0.5) is 5.69 Å². The third kappa shape index (κ3) is 3.83. The van der Waals surface area contributed by atoms with E-state index in [9.17, 15) is 4.79 Å². The van der Waals surface area contributed by atoms with E-state index in [1.807, 2.05) is 19.1 Å². The second kappa shape index (κ2) is 7.88. The van der Waals surface area contributed by atoms with Crippen LogP contribution in [0.2, 0.25) is 0 Å². The molecule has 24 heavy (non-hydrogen) atoms. The highest BCUT2D eigenvalue weighted by atomic mass is 16.5. The van der Waals surface area contributed by atoms with Crippen molar-refractivity contribution in [1.82, 2.24) is 4.90 Å². The molecule has 5 nitrogen and oxygen atoms in total. The summed E-state index contributed by atoms with van der Waals surface area (Å²) in [6.45, 7) is 4.28. The minimum atomic E-state index is 0.233. The van der Waals surface area contributed by atoms with Crippen LogP contribution < -0.4 is 10.1 Å². The van der Waals surface area contributed by atoms with Gasteiger partial charge in [-0.1, -0.05) is 6.07 Å². The van der Waals surface area contributed by atoms with Gasteiger partial charge < -0.3 is 19.7 Å². The molecule has 2 fully saturated rings. The largest absolute Gasteiger partial charge is 0.495 e. The molecule has 5 heteroatoms. The van der Waals surface area contributed by atoms with Crippen molar-refractivity contribution in [3.8, 4) is 5.75 Å². The number of carbonyl (C=O) groups excluding carboxylic acids is 1. The molecule has 1 aliphatic carbocycles. The minimum Gasteiger partial charge on any atom is -0.495 e. The van der Waals surface area contributed by atoms with Crippen molar-refractivity contribution in [2.24, 2.45) is 0 Å². The number of hydrogen-bond donors (Lipinski definition) is 1. The normalized spacial score (nSPS) is 23.5. The lowest BCUT2D eigenvalue weighted by Gasteiger charge is -2.30. The zero-order chi connectivity index (χ0) is 16.9. The average molecular weight is 332 g/mol. The molecule has 2 atom stereocenters. The second-order valence-corrected chi connectivity index (χ2v) is 6.73. The predicted octanol–water partition coefficient (Wildman–Crippen LogP) is 2.98. The van der Waals surface area contributed by atoms with Crippen LogP contribution in [0.1, 0.15) is 37.7 Å². The maximum Gasteiger partial charge on any atom is 0.224 e. The molecule has 1 amide bonds. The maximum absolute atomic E-state index is 12.7. The molecule has 1 aliphatic heterocycles. The Kier molecular flexibility index (Phi) is 5.61. The summed E-state index contributed by atoms with van der Waals surface area (Å²) in [6, 6.07) is 6.31. The van der Waals surface area contributed by atoms with Crippen LogP contribution in [-0.2, 0) is 9.53 Å². The Balaban J connectivity index is 1.56. The van der Waals surface area contributed by atoms with Gasteiger partial charge >= 0.3 is 0 Å². The fourth-order valence-corrected chi connectivity index (χ4v) is 3.81. The van der Waals surface area contributed by atoms with Gasteiger partial charge in [-0.3, -0.25) is 4.79 Å². The smallest absolute Gasteiger partial charge is 0.224 e. The van der Waals surface area contributed by atoms with Crippen LogP contribution in [0.25, 0.3) is 0 Å². The highest BCUT2D eigenvalue weighted by molar-refractivity contribution is 5.77. The number of anilines is 1. The van der Waals surface area contributed by atoms with E-state index >= 15 is 0 Å². The first-order valence-electron chi connectivity index (χ1n) is 8.98. The van der Waals surface area contributed by atoms with E-state index in [0.717, 1.165) is 50.3 Å². The highest BCUT2D eigenvalue weighted by Gasteiger charge is 2.36. The molecule has 1 aromatic rings. The van der Waals surface area contributed by atoms with E-state index in [1.54, 1.807) is 7.11 Å². The van der Waals surface area contributed by atoms with Crippen LogP contribution in [-0.4, -0.2) is 49.8 Å². The van der Waals surface area contributed by atoms with Crippen LogP contribution in [0.3, 0.4) is 0 Å². The second-order valence-electron chi connectivity index (χ2n) is 6.73. The quantitative estimate of drug-likeness (QED) is 0.901. The number of methoxy groups -OCH3 is 1. The number of rotatable bonds is 5. The summed E-state index contributed by atoms with van der Waals surface area (Å²) in [4.78, 5) is 14.8. The first kappa shape index (κ1) is 17.1. The van der Waals surface area contributed by atoms with Crippen molar-refractivity contribution >= 4 is 11.6 Å². The van der Waals surface area contributed by atoms with Gasteiger partial charge in [0.2, 0.25) is 5.91 Å². The fraction of sp³-hybridized carbons (Fsp3) is 0.632. The standard InChI is InChI=1S/C19H28N2O3/c1-14-7-8-17(23-2)15(13-14)20-10-9-19(22)21-11-4-12-24-18-6-3-5-16(18)21/h7-8,13,16,18,20H,3-6,9-12H2,1-2H3/t16-,18+/m1/s1. The molecular weight excluding hydrogens is 304 g/mol. The summed E-state index contributed by atoms with van der Waals surface area (Å²) >= 11 is 0. The molecule has 1 N–H and O–H groups in total. The van der Waals surface area contributed by atoms with Gasteiger partial charge in [-0.15, -0.1) is 0 Å². The topological polar surface area (TPSA) is 50.8 Å². The Morgan fingerprint density at radius 1 is 1.38 bits per heavy atom. The van der Waals surface area contributed by atoms with E-state index in [4.69, 9.17) is 9.47 Å². The van der Waals surface area contributed by atoms with Gasteiger partial charge in [0.05, 0.1) is 24.9 Å². The first-order chi connectivity index (χ1) is 11.7. The third-order valence-electron chi connectivity index (χ3n) is 5.02. The van der Waals surface area contributed by atoms with E-state index < -0.39 is 0 Å². The Morgan fingerprint density at radius 3 is 3.08 bits per heavy atom. The third-order valence-corrected chi connectivity index (χ3v) is 5.02. The van der Waals surface area contributed by atoms with Gasteiger partial charge in [0.15, 0.2) is 0 Å². The summed E-state index contributed by atoms with van der Waals surface area (Å²) in [7, 11) is 1.67. The molecule has 1 heterocycles. The van der Waals surface area contributed by atoms with Crippen molar-refractivity contribution in [3.63, 3.8) is 0 Å². The Labute approximate surface area is 144 Å². The van der Waals surface area contributed by atoms with Crippen molar-refractivity contribution in [1.29, 1.82) is 0 Å². The lowest BCUT2D eigenvalue weighted by atomic mass is 10.1. The zero-order valence-electron chi connectivity index (χ0n) is 14.7. The lowest BCUT2D eigenvalue weighted by Crippen LogP contribution is -2.44. The molecule has 0 radical (unpaired) electrons. The molecule has 1 saturated carbocycles. The molecule has 3 rings (SSSR count). The Hall–Kier alpha value is -1.75. The molecule has 1 aromatic carbocycles. The maximum atomic E-state index is 12.7. The number of nitrogens with one attached hydrogen (secondary N) is 1. The number of ether oxygens (including phenoxy) is 2. The van der Waals surface area contributed by atoms with E-state index in [1.165, 1.54) is 5.56 Å².